The first-order valence-electron chi connectivity index (χ1n) is 4.76. The quantitative estimate of drug-likeness (QED) is 0.791. The number of alkyl halides is 1. The van der Waals surface area contributed by atoms with Crippen molar-refractivity contribution in [1.82, 2.24) is 0 Å². The molecule has 0 heterocycles. The average Bonchev–Trinajstić information content (AvgIpc) is 2.25. The number of halogens is 2. The van der Waals surface area contributed by atoms with E-state index >= 15 is 0 Å². The summed E-state index contributed by atoms with van der Waals surface area (Å²) < 4.78 is 18.0. The van der Waals surface area contributed by atoms with Crippen molar-refractivity contribution >= 4 is 11.6 Å². The van der Waals surface area contributed by atoms with Crippen LogP contribution in [0.2, 0.25) is 0 Å². The maximum absolute atomic E-state index is 13.0. The van der Waals surface area contributed by atoms with Gasteiger partial charge in [0.1, 0.15) is 11.6 Å². The summed E-state index contributed by atoms with van der Waals surface area (Å²) in [4.78, 5) is 0. The molecular formula is C11H14ClFO2. The third-order valence-electron chi connectivity index (χ3n) is 2.16. The van der Waals surface area contributed by atoms with Gasteiger partial charge in [0.2, 0.25) is 0 Å². The van der Waals surface area contributed by atoms with Gasteiger partial charge in [-0.05, 0) is 31.0 Å². The molecule has 1 aromatic carbocycles. The zero-order chi connectivity index (χ0) is 11.3. The summed E-state index contributed by atoms with van der Waals surface area (Å²) in [5, 5.41) is 9.78. The zero-order valence-corrected chi connectivity index (χ0v) is 9.30. The molecule has 1 aromatic rings. The summed E-state index contributed by atoms with van der Waals surface area (Å²) >= 11 is 5.52. The summed E-state index contributed by atoms with van der Waals surface area (Å²) in [5.74, 6) is 0.600. The van der Waals surface area contributed by atoms with E-state index in [1.165, 1.54) is 25.3 Å². The van der Waals surface area contributed by atoms with Crippen molar-refractivity contribution in [2.75, 3.05) is 13.0 Å². The van der Waals surface area contributed by atoms with Crippen LogP contribution in [0.15, 0.2) is 18.2 Å². The number of methoxy groups -OCH3 is 1. The van der Waals surface area contributed by atoms with Crippen molar-refractivity contribution in [3.63, 3.8) is 0 Å². The summed E-state index contributed by atoms with van der Waals surface area (Å²) in [5.41, 5.74) is 0.475. The fourth-order valence-corrected chi connectivity index (χ4v) is 1.55. The Morgan fingerprint density at radius 2 is 2.27 bits per heavy atom. The third-order valence-corrected chi connectivity index (χ3v) is 2.43. The lowest BCUT2D eigenvalue weighted by molar-refractivity contribution is 0.162. The lowest BCUT2D eigenvalue weighted by Crippen LogP contribution is -2.01. The van der Waals surface area contributed by atoms with E-state index in [9.17, 15) is 9.50 Å². The Morgan fingerprint density at radius 1 is 1.53 bits per heavy atom. The summed E-state index contributed by atoms with van der Waals surface area (Å²) in [6.07, 6.45) is 0.459. The monoisotopic (exact) mass is 232 g/mol. The van der Waals surface area contributed by atoms with Gasteiger partial charge in [-0.25, -0.2) is 4.39 Å². The lowest BCUT2D eigenvalue weighted by atomic mass is 10.0. The van der Waals surface area contributed by atoms with Gasteiger partial charge in [-0.15, -0.1) is 11.6 Å². The lowest BCUT2D eigenvalue weighted by Gasteiger charge is -2.14. The summed E-state index contributed by atoms with van der Waals surface area (Å²) in [6.45, 7) is 0. The highest BCUT2D eigenvalue weighted by molar-refractivity contribution is 6.17. The number of hydrogen-bond acceptors (Lipinski definition) is 2. The molecule has 0 fully saturated rings. The van der Waals surface area contributed by atoms with Crippen LogP contribution in [0.3, 0.4) is 0 Å². The minimum absolute atomic E-state index is 0.379. The summed E-state index contributed by atoms with van der Waals surface area (Å²) in [7, 11) is 1.49. The highest BCUT2D eigenvalue weighted by Crippen LogP contribution is 2.28. The van der Waals surface area contributed by atoms with Crippen LogP contribution in [0.4, 0.5) is 4.39 Å². The Labute approximate surface area is 93.6 Å². The van der Waals surface area contributed by atoms with Crippen LogP contribution in [0.5, 0.6) is 5.75 Å². The predicted molar refractivity (Wildman–Crippen MR) is 57.9 cm³/mol. The molecule has 0 radical (unpaired) electrons. The number of aliphatic hydroxyl groups excluding tert-OH is 1. The smallest absolute Gasteiger partial charge is 0.124 e. The van der Waals surface area contributed by atoms with Crippen LogP contribution < -0.4 is 4.74 Å². The van der Waals surface area contributed by atoms with Crippen LogP contribution in [0.25, 0.3) is 0 Å². The highest BCUT2D eigenvalue weighted by atomic mass is 35.5. The number of ether oxygens (including phenoxy) is 1. The maximum atomic E-state index is 13.0. The van der Waals surface area contributed by atoms with E-state index in [0.29, 0.717) is 30.0 Å². The Bertz CT molecular complexity index is 317. The van der Waals surface area contributed by atoms with Gasteiger partial charge in [0.15, 0.2) is 0 Å². The van der Waals surface area contributed by atoms with Crippen molar-refractivity contribution in [2.45, 2.75) is 18.9 Å². The molecule has 4 heteroatoms. The van der Waals surface area contributed by atoms with Crippen LogP contribution in [0, 0.1) is 5.82 Å². The average molecular weight is 233 g/mol. The molecule has 0 aromatic heterocycles. The molecule has 0 aliphatic rings. The van der Waals surface area contributed by atoms with Crippen molar-refractivity contribution in [1.29, 1.82) is 0 Å². The van der Waals surface area contributed by atoms with Gasteiger partial charge in [-0.2, -0.15) is 0 Å². The van der Waals surface area contributed by atoms with Crippen LogP contribution >= 0.6 is 11.6 Å². The number of hydrogen-bond donors (Lipinski definition) is 1. The normalized spacial score (nSPS) is 12.5. The van der Waals surface area contributed by atoms with E-state index in [0.717, 1.165) is 0 Å². The van der Waals surface area contributed by atoms with E-state index < -0.39 is 6.10 Å². The third kappa shape index (κ3) is 3.36. The number of rotatable bonds is 5. The van der Waals surface area contributed by atoms with Gasteiger partial charge in [-0.3, -0.25) is 0 Å². The molecule has 1 unspecified atom stereocenters. The van der Waals surface area contributed by atoms with Crippen molar-refractivity contribution in [3.8, 4) is 5.75 Å². The molecular weight excluding hydrogens is 219 g/mol. The molecule has 0 aliphatic carbocycles. The maximum Gasteiger partial charge on any atom is 0.124 e. The second-order valence-electron chi connectivity index (χ2n) is 3.23. The largest absolute Gasteiger partial charge is 0.496 e. The fourth-order valence-electron chi connectivity index (χ4n) is 1.39. The standard InChI is InChI=1S/C11H14ClFO2/c1-15-11-5-4-8(13)7-9(11)10(14)3-2-6-12/h4-5,7,10,14H,2-3,6H2,1H3. The summed E-state index contributed by atoms with van der Waals surface area (Å²) in [6, 6.07) is 4.10. The molecule has 0 saturated heterocycles. The molecule has 0 saturated carbocycles. The molecule has 0 aliphatic heterocycles. The van der Waals surface area contributed by atoms with Gasteiger partial charge >= 0.3 is 0 Å². The topological polar surface area (TPSA) is 29.5 Å². The minimum Gasteiger partial charge on any atom is -0.496 e. The molecule has 0 amide bonds. The second kappa shape index (κ2) is 5.93. The van der Waals surface area contributed by atoms with Crippen molar-refractivity contribution in [2.24, 2.45) is 0 Å². The van der Waals surface area contributed by atoms with Gasteiger partial charge < -0.3 is 9.84 Å². The fraction of sp³-hybridized carbons (Fsp3) is 0.455. The molecule has 0 spiro atoms. The van der Waals surface area contributed by atoms with Gasteiger partial charge in [0.05, 0.1) is 13.2 Å². The first-order valence-corrected chi connectivity index (χ1v) is 5.30. The molecule has 0 bridgehead atoms. The molecule has 15 heavy (non-hydrogen) atoms. The predicted octanol–water partition coefficient (Wildman–Crippen LogP) is 2.89. The minimum atomic E-state index is -0.727. The van der Waals surface area contributed by atoms with Gasteiger partial charge in [-0.1, -0.05) is 0 Å². The van der Waals surface area contributed by atoms with E-state index in [2.05, 4.69) is 0 Å². The molecule has 1 rings (SSSR count). The Balaban J connectivity index is 2.85. The molecule has 1 atom stereocenters. The Kier molecular flexibility index (Phi) is 4.85. The molecule has 2 nitrogen and oxygen atoms in total. The Hall–Kier alpha value is -0.800. The molecule has 84 valence electrons. The number of benzene rings is 1. The van der Waals surface area contributed by atoms with E-state index in [1.54, 1.807) is 0 Å². The van der Waals surface area contributed by atoms with Crippen molar-refractivity contribution in [3.05, 3.63) is 29.6 Å². The van der Waals surface area contributed by atoms with E-state index in [-0.39, 0.29) is 5.82 Å². The number of aliphatic hydroxyl groups is 1. The van der Waals surface area contributed by atoms with Crippen LogP contribution in [0.1, 0.15) is 24.5 Å². The SMILES string of the molecule is COc1ccc(F)cc1C(O)CCCCl. The van der Waals surface area contributed by atoms with E-state index in [4.69, 9.17) is 16.3 Å². The van der Waals surface area contributed by atoms with E-state index in [1.807, 2.05) is 0 Å². The first-order chi connectivity index (χ1) is 7.19. The zero-order valence-electron chi connectivity index (χ0n) is 8.54. The van der Waals surface area contributed by atoms with Gasteiger partial charge in [0, 0.05) is 11.4 Å². The van der Waals surface area contributed by atoms with Crippen molar-refractivity contribution < 1.29 is 14.2 Å². The molecule has 1 N–H and O–H groups in total. The van der Waals surface area contributed by atoms with Crippen LogP contribution in [-0.2, 0) is 0 Å². The first kappa shape index (κ1) is 12.3. The van der Waals surface area contributed by atoms with Gasteiger partial charge in [0.25, 0.3) is 0 Å². The van der Waals surface area contributed by atoms with Crippen LogP contribution in [-0.4, -0.2) is 18.1 Å². The Morgan fingerprint density at radius 3 is 2.87 bits per heavy atom. The highest BCUT2D eigenvalue weighted by Gasteiger charge is 2.13. The second-order valence-corrected chi connectivity index (χ2v) is 3.61.